The molecule has 0 amide bonds. The Morgan fingerprint density at radius 2 is 1.57 bits per heavy atom. The van der Waals surface area contributed by atoms with Gasteiger partial charge in [-0.1, -0.05) is 57.0 Å². The van der Waals surface area contributed by atoms with Crippen molar-refractivity contribution in [2.75, 3.05) is 0 Å². The number of carboxylic acid groups (broad SMARTS) is 1. The van der Waals surface area contributed by atoms with Crippen LogP contribution in [0.1, 0.15) is 48.2 Å². The predicted octanol–water partition coefficient (Wildman–Crippen LogP) is 5.60. The zero-order valence-corrected chi connectivity index (χ0v) is 13.7. The van der Waals surface area contributed by atoms with Crippen molar-refractivity contribution >= 4 is 27.5 Å². The van der Waals surface area contributed by atoms with Gasteiger partial charge < -0.3 is 5.11 Å². The third kappa shape index (κ3) is 2.81. The van der Waals surface area contributed by atoms with Crippen molar-refractivity contribution in [1.82, 2.24) is 0 Å². The summed E-state index contributed by atoms with van der Waals surface area (Å²) in [6, 6.07) is 14.5. The summed E-state index contributed by atoms with van der Waals surface area (Å²) in [4.78, 5) is 12.0. The van der Waals surface area contributed by atoms with E-state index in [0.29, 0.717) is 5.56 Å². The Kier molecular flexibility index (Phi) is 4.33. The summed E-state index contributed by atoms with van der Waals surface area (Å²) >= 11 is 0. The second-order valence-corrected chi connectivity index (χ2v) is 6.11. The summed E-state index contributed by atoms with van der Waals surface area (Å²) in [7, 11) is 0. The first-order chi connectivity index (χ1) is 11.2. The maximum atomic E-state index is 12.0. The zero-order chi connectivity index (χ0) is 16.4. The van der Waals surface area contributed by atoms with Crippen molar-refractivity contribution in [3.8, 4) is 0 Å². The smallest absolute Gasteiger partial charge is 0.336 e. The van der Waals surface area contributed by atoms with Crippen LogP contribution in [0.25, 0.3) is 21.5 Å². The molecule has 0 atom stereocenters. The highest BCUT2D eigenvalue weighted by Crippen LogP contribution is 2.31. The van der Waals surface area contributed by atoms with Gasteiger partial charge in [0.1, 0.15) is 0 Å². The lowest BCUT2D eigenvalue weighted by Crippen LogP contribution is -2.07. The van der Waals surface area contributed by atoms with E-state index in [1.54, 1.807) is 0 Å². The Bertz CT molecular complexity index is 878. The van der Waals surface area contributed by atoms with E-state index in [1.807, 2.05) is 24.3 Å². The van der Waals surface area contributed by atoms with Crippen LogP contribution in [0, 0.1) is 0 Å². The van der Waals surface area contributed by atoms with Crippen LogP contribution in [0.15, 0.2) is 42.5 Å². The number of benzene rings is 3. The number of aryl methyl sites for hydroxylation is 1. The van der Waals surface area contributed by atoms with Crippen LogP contribution in [-0.2, 0) is 12.8 Å². The number of hydrogen-bond donors (Lipinski definition) is 1. The zero-order valence-electron chi connectivity index (χ0n) is 13.7. The summed E-state index contributed by atoms with van der Waals surface area (Å²) in [6.45, 7) is 4.24. The average Bonchev–Trinajstić information content (AvgIpc) is 2.53. The molecular formula is C21H22O2. The number of carboxylic acids is 1. The van der Waals surface area contributed by atoms with Crippen molar-refractivity contribution in [2.24, 2.45) is 0 Å². The predicted molar refractivity (Wildman–Crippen MR) is 96.4 cm³/mol. The van der Waals surface area contributed by atoms with Gasteiger partial charge in [-0.15, -0.1) is 0 Å². The highest BCUT2D eigenvalue weighted by atomic mass is 16.4. The molecule has 0 heterocycles. The van der Waals surface area contributed by atoms with E-state index < -0.39 is 5.97 Å². The van der Waals surface area contributed by atoms with Gasteiger partial charge in [0, 0.05) is 0 Å². The molecule has 0 aliphatic rings. The number of carbonyl (C=O) groups is 1. The van der Waals surface area contributed by atoms with Crippen LogP contribution < -0.4 is 0 Å². The third-order valence-corrected chi connectivity index (χ3v) is 4.44. The number of rotatable bonds is 5. The highest BCUT2D eigenvalue weighted by Gasteiger charge is 2.18. The molecule has 0 saturated heterocycles. The molecule has 23 heavy (non-hydrogen) atoms. The van der Waals surface area contributed by atoms with Gasteiger partial charge in [-0.05, 0) is 57.6 Å². The Hall–Kier alpha value is -2.35. The van der Waals surface area contributed by atoms with Gasteiger partial charge in [0.05, 0.1) is 5.56 Å². The highest BCUT2D eigenvalue weighted by molar-refractivity contribution is 6.10. The maximum absolute atomic E-state index is 12.0. The van der Waals surface area contributed by atoms with E-state index in [2.05, 4.69) is 32.0 Å². The molecule has 0 bridgehead atoms. The van der Waals surface area contributed by atoms with Crippen LogP contribution in [0.5, 0.6) is 0 Å². The third-order valence-electron chi connectivity index (χ3n) is 4.44. The molecule has 2 heteroatoms. The second-order valence-electron chi connectivity index (χ2n) is 6.11. The molecule has 0 aliphatic carbocycles. The second kappa shape index (κ2) is 6.41. The van der Waals surface area contributed by atoms with E-state index >= 15 is 0 Å². The van der Waals surface area contributed by atoms with Crippen LogP contribution in [0.3, 0.4) is 0 Å². The summed E-state index contributed by atoms with van der Waals surface area (Å²) in [5, 5.41) is 14.0. The minimum atomic E-state index is -0.813. The Balaban J connectivity index is 2.41. The van der Waals surface area contributed by atoms with Crippen LogP contribution in [-0.4, -0.2) is 11.1 Å². The first-order valence-corrected chi connectivity index (χ1v) is 8.36. The molecule has 0 saturated carbocycles. The van der Waals surface area contributed by atoms with E-state index in [1.165, 1.54) is 5.56 Å². The summed E-state index contributed by atoms with van der Waals surface area (Å²) in [5.74, 6) is -0.813. The average molecular weight is 306 g/mol. The summed E-state index contributed by atoms with van der Waals surface area (Å²) < 4.78 is 0. The first-order valence-electron chi connectivity index (χ1n) is 8.36. The normalized spacial score (nSPS) is 11.2. The van der Waals surface area contributed by atoms with Gasteiger partial charge in [-0.3, -0.25) is 0 Å². The van der Waals surface area contributed by atoms with Gasteiger partial charge in [0.15, 0.2) is 0 Å². The molecule has 0 fully saturated rings. The van der Waals surface area contributed by atoms with Crippen molar-refractivity contribution < 1.29 is 9.90 Å². The molecule has 3 aromatic carbocycles. The van der Waals surface area contributed by atoms with Crippen LogP contribution >= 0.6 is 0 Å². The minimum absolute atomic E-state index is 0.499. The van der Waals surface area contributed by atoms with Gasteiger partial charge >= 0.3 is 5.97 Å². The minimum Gasteiger partial charge on any atom is -0.478 e. The topological polar surface area (TPSA) is 37.3 Å². The molecule has 0 aliphatic heterocycles. The molecule has 0 aromatic heterocycles. The van der Waals surface area contributed by atoms with E-state index in [9.17, 15) is 9.90 Å². The van der Waals surface area contributed by atoms with Crippen LogP contribution in [0.2, 0.25) is 0 Å². The van der Waals surface area contributed by atoms with Gasteiger partial charge in [0.2, 0.25) is 0 Å². The van der Waals surface area contributed by atoms with E-state index in [4.69, 9.17) is 0 Å². The van der Waals surface area contributed by atoms with Gasteiger partial charge in [-0.25, -0.2) is 4.79 Å². The summed E-state index contributed by atoms with van der Waals surface area (Å²) in [5.41, 5.74) is 2.71. The number of hydrogen-bond acceptors (Lipinski definition) is 1. The lowest BCUT2D eigenvalue weighted by atomic mass is 9.88. The molecule has 3 aromatic rings. The monoisotopic (exact) mass is 306 g/mol. The SMILES string of the molecule is CCCc1cc2cc3ccccc3cc2c(C(=O)O)c1CCC. The Labute approximate surface area is 136 Å². The van der Waals surface area contributed by atoms with Gasteiger partial charge in [0.25, 0.3) is 0 Å². The van der Waals surface area contributed by atoms with Gasteiger partial charge in [-0.2, -0.15) is 0 Å². The molecule has 2 nitrogen and oxygen atoms in total. The lowest BCUT2D eigenvalue weighted by molar-refractivity contribution is 0.0697. The molecule has 118 valence electrons. The molecule has 0 radical (unpaired) electrons. The largest absolute Gasteiger partial charge is 0.478 e. The molecular weight excluding hydrogens is 284 g/mol. The lowest BCUT2D eigenvalue weighted by Gasteiger charge is -2.16. The van der Waals surface area contributed by atoms with Crippen molar-refractivity contribution in [2.45, 2.75) is 39.5 Å². The van der Waals surface area contributed by atoms with E-state index in [0.717, 1.165) is 52.8 Å². The van der Waals surface area contributed by atoms with Crippen molar-refractivity contribution in [1.29, 1.82) is 0 Å². The first kappa shape index (κ1) is 15.5. The molecule has 0 unspecified atom stereocenters. The van der Waals surface area contributed by atoms with Crippen molar-refractivity contribution in [3.63, 3.8) is 0 Å². The maximum Gasteiger partial charge on any atom is 0.336 e. The standard InChI is InChI=1S/C21H22O2/c1-3-7-16-12-17-11-14-9-5-6-10-15(14)13-19(17)20(21(22)23)18(16)8-4-2/h5-6,9-13H,3-4,7-8H2,1-2H3,(H,22,23). The molecule has 0 spiro atoms. The quantitative estimate of drug-likeness (QED) is 0.623. The van der Waals surface area contributed by atoms with E-state index in [-0.39, 0.29) is 0 Å². The Morgan fingerprint density at radius 1 is 0.913 bits per heavy atom. The fraction of sp³-hybridized carbons (Fsp3) is 0.286. The fourth-order valence-corrected chi connectivity index (χ4v) is 3.46. The number of fused-ring (bicyclic) bond motifs is 2. The van der Waals surface area contributed by atoms with Crippen molar-refractivity contribution in [3.05, 3.63) is 59.2 Å². The molecule has 1 N–H and O–H groups in total. The van der Waals surface area contributed by atoms with Crippen LogP contribution in [0.4, 0.5) is 0 Å². The Morgan fingerprint density at radius 3 is 2.17 bits per heavy atom. The number of aromatic carboxylic acids is 1. The molecule has 3 rings (SSSR count). The fourth-order valence-electron chi connectivity index (χ4n) is 3.46. The summed E-state index contributed by atoms with van der Waals surface area (Å²) in [6.07, 6.45) is 3.73.